The van der Waals surface area contributed by atoms with Gasteiger partial charge in [-0.1, -0.05) is 18.0 Å². The molecule has 2 fully saturated rings. The largest absolute Gasteiger partial charge is 0.484 e. The Morgan fingerprint density at radius 2 is 2.13 bits per heavy atom. The number of pyridine rings is 1. The van der Waals surface area contributed by atoms with Crippen LogP contribution in [0.3, 0.4) is 0 Å². The van der Waals surface area contributed by atoms with Crippen molar-refractivity contribution in [2.75, 3.05) is 30.8 Å². The average molecular weight is 460 g/mol. The van der Waals surface area contributed by atoms with Crippen LogP contribution in [0, 0.1) is 12.8 Å². The van der Waals surface area contributed by atoms with Crippen LogP contribution in [0.5, 0.6) is 5.75 Å². The highest BCUT2D eigenvalue weighted by Gasteiger charge is 2.33. The van der Waals surface area contributed by atoms with Gasteiger partial charge in [0.25, 0.3) is 5.91 Å². The molecule has 1 aromatic heterocycles. The predicted octanol–water partition coefficient (Wildman–Crippen LogP) is 5.42. The molecule has 2 saturated heterocycles. The molecular weight excluding hydrogens is 430 g/mol. The molecule has 7 heteroatoms. The molecule has 5 nitrogen and oxygen atoms in total. The molecule has 2 unspecified atom stereocenters. The van der Waals surface area contributed by atoms with E-state index in [1.54, 1.807) is 30.1 Å². The van der Waals surface area contributed by atoms with Gasteiger partial charge in [0.2, 0.25) is 0 Å². The molecule has 1 aromatic carbocycles. The van der Waals surface area contributed by atoms with Crippen LogP contribution in [-0.2, 0) is 4.79 Å². The number of aryl methyl sites for hydroxylation is 1. The number of carbonyl (C=O) groups excluding carboxylic acids is 1. The SMILES string of the molecule is Cc1cc(OCC(=O)Nc2cccnc2SCC2CCCN3CCCCC23)ccc1Cl. The third kappa shape index (κ3) is 5.93. The number of thioether (sulfide) groups is 1. The van der Waals surface area contributed by atoms with Crippen molar-refractivity contribution in [3.63, 3.8) is 0 Å². The van der Waals surface area contributed by atoms with Crippen LogP contribution in [0.2, 0.25) is 5.02 Å². The number of anilines is 1. The summed E-state index contributed by atoms with van der Waals surface area (Å²) in [6, 6.07) is 9.86. The Bertz CT molecular complexity index is 908. The van der Waals surface area contributed by atoms with Crippen LogP contribution in [0.25, 0.3) is 0 Å². The lowest BCUT2D eigenvalue weighted by Gasteiger charge is -2.44. The molecule has 2 aliphatic heterocycles. The Balaban J connectivity index is 1.32. The molecule has 2 aliphatic rings. The number of ether oxygens (including phenoxy) is 1. The third-order valence-corrected chi connectivity index (χ3v) is 7.82. The lowest BCUT2D eigenvalue weighted by atomic mass is 9.85. The van der Waals surface area contributed by atoms with Crippen molar-refractivity contribution in [1.82, 2.24) is 9.88 Å². The molecule has 3 heterocycles. The minimum atomic E-state index is -0.196. The smallest absolute Gasteiger partial charge is 0.262 e. The summed E-state index contributed by atoms with van der Waals surface area (Å²) in [5.41, 5.74) is 1.68. The van der Waals surface area contributed by atoms with Crippen molar-refractivity contribution in [1.29, 1.82) is 0 Å². The molecular formula is C24H30ClN3O2S. The molecule has 0 saturated carbocycles. The van der Waals surface area contributed by atoms with E-state index in [4.69, 9.17) is 16.3 Å². The summed E-state index contributed by atoms with van der Waals surface area (Å²) >= 11 is 7.81. The quantitative estimate of drug-likeness (QED) is 0.560. The Morgan fingerprint density at radius 1 is 1.26 bits per heavy atom. The van der Waals surface area contributed by atoms with Crippen molar-refractivity contribution in [3.05, 3.63) is 47.1 Å². The number of nitrogens with one attached hydrogen (secondary N) is 1. The van der Waals surface area contributed by atoms with E-state index in [9.17, 15) is 4.79 Å². The first kappa shape index (κ1) is 22.4. The number of aromatic nitrogens is 1. The molecule has 1 N–H and O–H groups in total. The van der Waals surface area contributed by atoms with E-state index in [0.29, 0.717) is 22.7 Å². The van der Waals surface area contributed by atoms with Crippen molar-refractivity contribution in [2.45, 2.75) is 50.1 Å². The second kappa shape index (κ2) is 10.7. The Hall–Kier alpha value is -1.76. The molecule has 0 radical (unpaired) electrons. The number of nitrogens with zero attached hydrogens (tertiary/aromatic N) is 2. The van der Waals surface area contributed by atoms with E-state index in [0.717, 1.165) is 22.0 Å². The topological polar surface area (TPSA) is 54.5 Å². The van der Waals surface area contributed by atoms with Crippen LogP contribution in [0.15, 0.2) is 41.6 Å². The number of rotatable bonds is 7. The fourth-order valence-electron chi connectivity index (χ4n) is 4.60. The third-order valence-electron chi connectivity index (χ3n) is 6.21. The molecule has 0 aliphatic carbocycles. The van der Waals surface area contributed by atoms with Crippen LogP contribution in [0.1, 0.15) is 37.7 Å². The standard InChI is InChI=1S/C24H30ClN3O2S/c1-17-14-19(9-10-20(17)25)30-15-23(29)27-21-7-4-11-26-24(21)31-16-18-6-5-13-28-12-3-2-8-22(18)28/h4,7,9-11,14,18,22H,2-3,5-6,8,12-13,15-16H2,1H3,(H,27,29). The zero-order valence-electron chi connectivity index (χ0n) is 18.0. The second-order valence-electron chi connectivity index (χ2n) is 8.42. The lowest BCUT2D eigenvalue weighted by Crippen LogP contribution is -2.48. The van der Waals surface area contributed by atoms with Gasteiger partial charge in [-0.15, -0.1) is 11.8 Å². The predicted molar refractivity (Wildman–Crippen MR) is 127 cm³/mol. The summed E-state index contributed by atoms with van der Waals surface area (Å²) < 4.78 is 5.63. The van der Waals surface area contributed by atoms with Crippen LogP contribution in [0.4, 0.5) is 5.69 Å². The Kier molecular flexibility index (Phi) is 7.75. The second-order valence-corrected chi connectivity index (χ2v) is 9.83. The van der Waals surface area contributed by atoms with Gasteiger partial charge in [0.1, 0.15) is 10.8 Å². The van der Waals surface area contributed by atoms with E-state index in [1.807, 2.05) is 25.1 Å². The van der Waals surface area contributed by atoms with E-state index in [-0.39, 0.29) is 12.5 Å². The molecule has 0 bridgehead atoms. The minimum absolute atomic E-state index is 0.0558. The number of piperidine rings is 2. The van der Waals surface area contributed by atoms with Gasteiger partial charge in [0, 0.05) is 23.0 Å². The number of benzene rings is 1. The first-order valence-electron chi connectivity index (χ1n) is 11.1. The maximum atomic E-state index is 12.5. The molecule has 166 valence electrons. The summed E-state index contributed by atoms with van der Waals surface area (Å²) in [6.07, 6.45) is 8.37. The highest BCUT2D eigenvalue weighted by molar-refractivity contribution is 7.99. The Labute approximate surface area is 193 Å². The van der Waals surface area contributed by atoms with E-state index < -0.39 is 0 Å². The van der Waals surface area contributed by atoms with Gasteiger partial charge in [-0.2, -0.15) is 0 Å². The lowest BCUT2D eigenvalue weighted by molar-refractivity contribution is -0.118. The molecule has 31 heavy (non-hydrogen) atoms. The highest BCUT2D eigenvalue weighted by Crippen LogP contribution is 2.35. The highest BCUT2D eigenvalue weighted by atomic mass is 35.5. The van der Waals surface area contributed by atoms with Gasteiger partial charge in [-0.25, -0.2) is 4.98 Å². The van der Waals surface area contributed by atoms with Gasteiger partial charge in [-0.05, 0) is 87.5 Å². The summed E-state index contributed by atoms with van der Waals surface area (Å²) in [5.74, 6) is 2.17. The van der Waals surface area contributed by atoms with Gasteiger partial charge in [-0.3, -0.25) is 4.79 Å². The normalized spacial score (nSPS) is 21.4. The van der Waals surface area contributed by atoms with Gasteiger partial charge >= 0.3 is 0 Å². The van der Waals surface area contributed by atoms with Crippen LogP contribution >= 0.6 is 23.4 Å². The summed E-state index contributed by atoms with van der Waals surface area (Å²) in [7, 11) is 0. The first-order chi connectivity index (χ1) is 15.1. The van der Waals surface area contributed by atoms with Crippen molar-refractivity contribution in [3.8, 4) is 5.75 Å². The monoisotopic (exact) mass is 459 g/mol. The molecule has 1 amide bonds. The number of carbonyl (C=O) groups is 1. The van der Waals surface area contributed by atoms with Gasteiger partial charge in [0.15, 0.2) is 6.61 Å². The van der Waals surface area contributed by atoms with Crippen molar-refractivity contribution < 1.29 is 9.53 Å². The average Bonchev–Trinajstić information content (AvgIpc) is 2.79. The molecule has 4 rings (SSSR count). The summed E-state index contributed by atoms with van der Waals surface area (Å²) in [5, 5.41) is 4.53. The van der Waals surface area contributed by atoms with Gasteiger partial charge < -0.3 is 15.0 Å². The Morgan fingerprint density at radius 3 is 3.00 bits per heavy atom. The molecule has 0 spiro atoms. The zero-order valence-corrected chi connectivity index (χ0v) is 19.6. The maximum Gasteiger partial charge on any atom is 0.262 e. The number of amides is 1. The van der Waals surface area contributed by atoms with Crippen molar-refractivity contribution in [2.24, 2.45) is 5.92 Å². The number of halogens is 1. The van der Waals surface area contributed by atoms with Gasteiger partial charge in [0.05, 0.1) is 5.69 Å². The molecule has 2 aromatic rings. The first-order valence-corrected chi connectivity index (χ1v) is 12.5. The fraction of sp³-hybridized carbons (Fsp3) is 0.500. The summed E-state index contributed by atoms with van der Waals surface area (Å²) in [6.45, 7) is 4.36. The minimum Gasteiger partial charge on any atom is -0.484 e. The zero-order chi connectivity index (χ0) is 21.6. The number of fused-ring (bicyclic) bond motifs is 1. The fourth-order valence-corrected chi connectivity index (χ4v) is 5.89. The molecule has 2 atom stereocenters. The van der Waals surface area contributed by atoms with E-state index >= 15 is 0 Å². The summed E-state index contributed by atoms with van der Waals surface area (Å²) in [4.78, 5) is 19.7. The maximum absolute atomic E-state index is 12.5. The van der Waals surface area contributed by atoms with E-state index in [1.165, 1.54) is 45.2 Å². The van der Waals surface area contributed by atoms with Crippen molar-refractivity contribution >= 4 is 35.0 Å². The van der Waals surface area contributed by atoms with Crippen LogP contribution in [-0.4, -0.2) is 47.3 Å². The van der Waals surface area contributed by atoms with Crippen LogP contribution < -0.4 is 10.1 Å². The van der Waals surface area contributed by atoms with E-state index in [2.05, 4.69) is 15.2 Å². The number of hydrogen-bond acceptors (Lipinski definition) is 5. The number of hydrogen-bond donors (Lipinski definition) is 1.